The lowest BCUT2D eigenvalue weighted by atomic mass is 10.3. The number of anilines is 1. The first-order chi connectivity index (χ1) is 7.15. The average Bonchev–Trinajstić information content (AvgIpc) is 2.18. The minimum atomic E-state index is -0.638. The van der Waals surface area contributed by atoms with Crippen LogP contribution in [0.15, 0.2) is 17.2 Å². The van der Waals surface area contributed by atoms with Crippen molar-refractivity contribution < 1.29 is 9.84 Å². The van der Waals surface area contributed by atoms with Gasteiger partial charge in [0.15, 0.2) is 5.82 Å². The van der Waals surface area contributed by atoms with Gasteiger partial charge in [-0.2, -0.15) is 0 Å². The van der Waals surface area contributed by atoms with E-state index in [0.29, 0.717) is 6.54 Å². The number of H-pyrrole nitrogens is 1. The van der Waals surface area contributed by atoms with Crippen LogP contribution in [0.3, 0.4) is 0 Å². The van der Waals surface area contributed by atoms with E-state index in [1.807, 2.05) is 0 Å². The molecule has 0 aliphatic carbocycles. The number of rotatable bonds is 5. The molecule has 1 rings (SSSR count). The number of nitrogens with zero attached hydrogens (tertiary/aromatic N) is 2. The Morgan fingerprint density at radius 3 is 3.07 bits per heavy atom. The van der Waals surface area contributed by atoms with Gasteiger partial charge in [0.2, 0.25) is 0 Å². The number of aromatic amines is 1. The van der Waals surface area contributed by atoms with Gasteiger partial charge in [-0.05, 0) is 0 Å². The first-order valence-corrected chi connectivity index (χ1v) is 4.57. The third kappa shape index (κ3) is 3.34. The predicted octanol–water partition coefficient (Wildman–Crippen LogP) is -0.787. The van der Waals surface area contributed by atoms with E-state index >= 15 is 0 Å². The fourth-order valence-corrected chi connectivity index (χ4v) is 1.26. The molecule has 1 unspecified atom stereocenters. The zero-order valence-corrected chi connectivity index (χ0v) is 8.80. The summed E-state index contributed by atoms with van der Waals surface area (Å²) >= 11 is 0. The van der Waals surface area contributed by atoms with Crippen molar-refractivity contribution in [2.75, 3.05) is 32.2 Å². The molecule has 0 aliphatic heterocycles. The number of ether oxygens (including phenoxy) is 1. The van der Waals surface area contributed by atoms with Crippen LogP contribution in [0.25, 0.3) is 0 Å². The van der Waals surface area contributed by atoms with Gasteiger partial charge >= 0.3 is 0 Å². The Morgan fingerprint density at radius 1 is 1.73 bits per heavy atom. The van der Waals surface area contributed by atoms with Crippen LogP contribution in [-0.2, 0) is 4.74 Å². The molecule has 0 radical (unpaired) electrons. The van der Waals surface area contributed by atoms with Gasteiger partial charge in [-0.1, -0.05) is 0 Å². The van der Waals surface area contributed by atoms with Crippen molar-refractivity contribution in [3.8, 4) is 0 Å². The largest absolute Gasteiger partial charge is 0.389 e. The van der Waals surface area contributed by atoms with Gasteiger partial charge in [0, 0.05) is 33.1 Å². The van der Waals surface area contributed by atoms with Crippen LogP contribution in [-0.4, -0.2) is 48.5 Å². The molecule has 6 heteroatoms. The first-order valence-electron chi connectivity index (χ1n) is 4.57. The molecule has 1 aromatic rings. The molecule has 84 valence electrons. The summed E-state index contributed by atoms with van der Waals surface area (Å²) < 4.78 is 4.79. The highest BCUT2D eigenvalue weighted by molar-refractivity contribution is 5.33. The summed E-state index contributed by atoms with van der Waals surface area (Å²) in [7, 11) is 3.20. The first kappa shape index (κ1) is 11.7. The topological polar surface area (TPSA) is 78.5 Å². The number of methoxy groups -OCH3 is 1. The van der Waals surface area contributed by atoms with Crippen molar-refractivity contribution in [3.63, 3.8) is 0 Å². The third-order valence-corrected chi connectivity index (χ3v) is 1.89. The van der Waals surface area contributed by atoms with E-state index in [1.54, 1.807) is 11.9 Å². The molecule has 1 heterocycles. The number of aliphatic hydroxyl groups excluding tert-OH is 1. The van der Waals surface area contributed by atoms with Crippen LogP contribution in [0.2, 0.25) is 0 Å². The second kappa shape index (κ2) is 5.47. The monoisotopic (exact) mass is 213 g/mol. The average molecular weight is 213 g/mol. The van der Waals surface area contributed by atoms with Gasteiger partial charge in [-0.3, -0.25) is 4.79 Å². The zero-order valence-electron chi connectivity index (χ0n) is 8.80. The Kier molecular flexibility index (Phi) is 4.26. The van der Waals surface area contributed by atoms with E-state index in [9.17, 15) is 9.90 Å². The molecule has 0 bridgehead atoms. The van der Waals surface area contributed by atoms with Crippen LogP contribution in [0.5, 0.6) is 0 Å². The second-order valence-electron chi connectivity index (χ2n) is 3.23. The van der Waals surface area contributed by atoms with E-state index < -0.39 is 6.10 Å². The fourth-order valence-electron chi connectivity index (χ4n) is 1.26. The minimum absolute atomic E-state index is 0.231. The molecule has 6 nitrogen and oxygen atoms in total. The zero-order chi connectivity index (χ0) is 11.3. The molecule has 0 aliphatic rings. The minimum Gasteiger partial charge on any atom is -0.389 e. The standard InChI is InChI=1S/C9H15N3O3/c1-12(5-7(13)6-15-2)8-9(14)11-4-3-10-8/h3-4,7,13H,5-6H2,1-2H3,(H,11,14). The van der Waals surface area contributed by atoms with Crippen LogP contribution in [0.1, 0.15) is 0 Å². The van der Waals surface area contributed by atoms with Crippen molar-refractivity contribution in [1.29, 1.82) is 0 Å². The van der Waals surface area contributed by atoms with Crippen molar-refractivity contribution >= 4 is 5.82 Å². The van der Waals surface area contributed by atoms with E-state index in [0.717, 1.165) is 0 Å². The number of hydrogen-bond donors (Lipinski definition) is 2. The summed E-state index contributed by atoms with van der Waals surface area (Å²) in [6, 6.07) is 0. The molecule has 15 heavy (non-hydrogen) atoms. The number of nitrogens with one attached hydrogen (secondary N) is 1. The van der Waals surface area contributed by atoms with Gasteiger partial charge < -0.3 is 19.7 Å². The van der Waals surface area contributed by atoms with Gasteiger partial charge in [0.05, 0.1) is 12.7 Å². The molecular formula is C9H15N3O3. The highest BCUT2D eigenvalue weighted by atomic mass is 16.5. The molecule has 0 fully saturated rings. The number of hydrogen-bond acceptors (Lipinski definition) is 5. The summed E-state index contributed by atoms with van der Waals surface area (Å²) in [6.45, 7) is 0.531. The quantitative estimate of drug-likeness (QED) is 0.670. The Labute approximate surface area is 87.5 Å². The van der Waals surface area contributed by atoms with E-state index in [4.69, 9.17) is 4.74 Å². The van der Waals surface area contributed by atoms with Crippen molar-refractivity contribution in [2.24, 2.45) is 0 Å². The summed E-state index contributed by atoms with van der Waals surface area (Å²) in [5.74, 6) is 0.285. The third-order valence-electron chi connectivity index (χ3n) is 1.89. The normalized spacial score (nSPS) is 12.5. The lowest BCUT2D eigenvalue weighted by Gasteiger charge is -2.20. The van der Waals surface area contributed by atoms with Gasteiger partial charge in [0.1, 0.15) is 0 Å². The SMILES string of the molecule is COCC(O)CN(C)c1ncc[nH]c1=O. The maximum atomic E-state index is 11.3. The summed E-state index contributed by atoms with van der Waals surface area (Å²) in [5.41, 5.74) is -0.274. The molecule has 0 saturated heterocycles. The summed E-state index contributed by atoms with van der Waals surface area (Å²) in [5, 5.41) is 9.47. The Bertz CT molecular complexity index is 352. The maximum absolute atomic E-state index is 11.3. The van der Waals surface area contributed by atoms with Gasteiger partial charge in [-0.15, -0.1) is 0 Å². The fraction of sp³-hybridized carbons (Fsp3) is 0.556. The maximum Gasteiger partial charge on any atom is 0.290 e. The molecular weight excluding hydrogens is 198 g/mol. The molecule has 1 aromatic heterocycles. The van der Waals surface area contributed by atoms with E-state index in [-0.39, 0.29) is 18.0 Å². The molecule has 0 spiro atoms. The highest BCUT2D eigenvalue weighted by Crippen LogP contribution is 2.00. The number of aliphatic hydroxyl groups is 1. The summed E-state index contributed by atoms with van der Waals surface area (Å²) in [6.07, 6.45) is 2.32. The van der Waals surface area contributed by atoms with Crippen molar-refractivity contribution in [2.45, 2.75) is 6.10 Å². The molecule has 0 saturated carbocycles. The second-order valence-corrected chi connectivity index (χ2v) is 3.23. The number of likely N-dealkylation sites (N-methyl/N-ethyl adjacent to an activating group) is 1. The Balaban J connectivity index is 2.65. The van der Waals surface area contributed by atoms with Gasteiger partial charge in [0.25, 0.3) is 5.56 Å². The lowest BCUT2D eigenvalue weighted by Crippen LogP contribution is -2.35. The predicted molar refractivity (Wildman–Crippen MR) is 56.0 cm³/mol. The summed E-state index contributed by atoms with van der Waals surface area (Å²) in [4.78, 5) is 19.3. The highest BCUT2D eigenvalue weighted by Gasteiger charge is 2.11. The van der Waals surface area contributed by atoms with Crippen LogP contribution in [0, 0.1) is 0 Å². The van der Waals surface area contributed by atoms with Crippen LogP contribution in [0.4, 0.5) is 5.82 Å². The van der Waals surface area contributed by atoms with Crippen LogP contribution < -0.4 is 10.5 Å². The van der Waals surface area contributed by atoms with Gasteiger partial charge in [-0.25, -0.2) is 4.98 Å². The Hall–Kier alpha value is -1.40. The number of aromatic nitrogens is 2. The van der Waals surface area contributed by atoms with Crippen LogP contribution >= 0.6 is 0 Å². The molecule has 0 aromatic carbocycles. The van der Waals surface area contributed by atoms with Crippen molar-refractivity contribution in [3.05, 3.63) is 22.7 Å². The Morgan fingerprint density at radius 2 is 2.47 bits per heavy atom. The molecule has 2 N–H and O–H groups in total. The molecule has 0 amide bonds. The van der Waals surface area contributed by atoms with Crippen molar-refractivity contribution in [1.82, 2.24) is 9.97 Å². The lowest BCUT2D eigenvalue weighted by molar-refractivity contribution is 0.0694. The van der Waals surface area contributed by atoms with E-state index in [1.165, 1.54) is 19.5 Å². The smallest absolute Gasteiger partial charge is 0.290 e. The molecule has 1 atom stereocenters. The van der Waals surface area contributed by atoms with E-state index in [2.05, 4.69) is 9.97 Å².